The van der Waals surface area contributed by atoms with Crippen LogP contribution in [0.15, 0.2) is 30.3 Å². The Labute approximate surface area is 168 Å². The smallest absolute Gasteiger partial charge is 0.407 e. The van der Waals surface area contributed by atoms with Crippen LogP contribution in [0.4, 0.5) is 4.79 Å². The Bertz CT molecular complexity index is 626. The fourth-order valence-electron chi connectivity index (χ4n) is 3.48. The largest absolute Gasteiger partial charge is 0.447 e. The van der Waals surface area contributed by atoms with Crippen LogP contribution < -0.4 is 5.32 Å². The minimum Gasteiger partial charge on any atom is -0.447 e. The molecule has 2 rings (SSSR count). The van der Waals surface area contributed by atoms with E-state index >= 15 is 0 Å². The molecule has 1 aliphatic heterocycles. The molecular formula is C22H35NO5. The first-order valence-corrected chi connectivity index (χ1v) is 10.1. The van der Waals surface area contributed by atoms with Gasteiger partial charge in [-0.15, -0.1) is 0 Å². The summed E-state index contributed by atoms with van der Waals surface area (Å²) in [5.41, 5.74) is -0.814. The minimum absolute atomic E-state index is 0.0871. The highest BCUT2D eigenvalue weighted by molar-refractivity contribution is 5.68. The Hall–Kier alpha value is -1.63. The summed E-state index contributed by atoms with van der Waals surface area (Å²) in [6.07, 6.45) is 1.96. The van der Waals surface area contributed by atoms with Gasteiger partial charge in [0.05, 0.1) is 12.7 Å². The maximum Gasteiger partial charge on any atom is 0.407 e. The van der Waals surface area contributed by atoms with Crippen molar-refractivity contribution in [2.45, 2.75) is 83.3 Å². The lowest BCUT2D eigenvalue weighted by Gasteiger charge is -2.49. The van der Waals surface area contributed by atoms with Gasteiger partial charge in [0.1, 0.15) is 12.2 Å². The highest BCUT2D eigenvalue weighted by atomic mass is 16.7. The van der Waals surface area contributed by atoms with Crippen LogP contribution in [-0.2, 0) is 20.0 Å². The van der Waals surface area contributed by atoms with Crippen LogP contribution in [0.3, 0.4) is 0 Å². The van der Waals surface area contributed by atoms with Crippen molar-refractivity contribution in [3.05, 3.63) is 35.9 Å². The fraction of sp³-hybridized carbons (Fsp3) is 0.682. The summed E-state index contributed by atoms with van der Waals surface area (Å²) in [5, 5.41) is 14.0. The number of rotatable bonds is 7. The molecule has 1 aromatic rings. The third-order valence-corrected chi connectivity index (χ3v) is 4.80. The van der Waals surface area contributed by atoms with Gasteiger partial charge in [-0.2, -0.15) is 0 Å². The summed E-state index contributed by atoms with van der Waals surface area (Å²) in [7, 11) is 0. The first kappa shape index (κ1) is 22.7. The Balaban J connectivity index is 2.21. The molecule has 3 atom stereocenters. The zero-order chi connectivity index (χ0) is 20.8. The van der Waals surface area contributed by atoms with E-state index in [4.69, 9.17) is 14.2 Å². The van der Waals surface area contributed by atoms with E-state index in [2.05, 4.69) is 5.32 Å². The molecule has 158 valence electrons. The molecule has 1 saturated heterocycles. The molecule has 1 heterocycles. The van der Waals surface area contributed by atoms with E-state index in [1.807, 2.05) is 58.0 Å². The van der Waals surface area contributed by atoms with E-state index < -0.39 is 23.6 Å². The van der Waals surface area contributed by atoms with Gasteiger partial charge in [-0.05, 0) is 47.0 Å². The van der Waals surface area contributed by atoms with Gasteiger partial charge in [0.15, 0.2) is 0 Å². The number of aliphatic hydroxyl groups is 1. The lowest BCUT2D eigenvalue weighted by Crippen LogP contribution is -2.58. The summed E-state index contributed by atoms with van der Waals surface area (Å²) in [6.45, 7) is 10.1. The topological polar surface area (TPSA) is 77.0 Å². The van der Waals surface area contributed by atoms with E-state index in [0.717, 1.165) is 18.4 Å². The molecule has 0 aromatic heterocycles. The Kier molecular flexibility index (Phi) is 7.48. The van der Waals surface area contributed by atoms with E-state index in [1.165, 1.54) is 0 Å². The van der Waals surface area contributed by atoms with Gasteiger partial charge >= 0.3 is 6.09 Å². The second-order valence-electron chi connectivity index (χ2n) is 8.71. The van der Waals surface area contributed by atoms with Gasteiger partial charge in [0.2, 0.25) is 5.79 Å². The average molecular weight is 394 g/mol. The number of nitrogens with one attached hydrogen (secondary N) is 1. The van der Waals surface area contributed by atoms with E-state index in [-0.39, 0.29) is 12.1 Å². The van der Waals surface area contributed by atoms with Gasteiger partial charge in [-0.3, -0.25) is 0 Å². The molecule has 6 heteroatoms. The summed E-state index contributed by atoms with van der Waals surface area (Å²) < 4.78 is 17.9. The molecule has 0 saturated carbocycles. The third-order valence-electron chi connectivity index (χ3n) is 4.80. The Morgan fingerprint density at radius 1 is 1.32 bits per heavy atom. The molecular weight excluding hydrogens is 358 g/mol. The van der Waals surface area contributed by atoms with E-state index in [9.17, 15) is 9.90 Å². The van der Waals surface area contributed by atoms with Crippen LogP contribution in [0.25, 0.3) is 0 Å². The van der Waals surface area contributed by atoms with Crippen molar-refractivity contribution in [3.63, 3.8) is 0 Å². The summed E-state index contributed by atoms with van der Waals surface area (Å²) in [4.78, 5) is 12.1. The summed E-state index contributed by atoms with van der Waals surface area (Å²) in [5.74, 6) is -1.30. The van der Waals surface area contributed by atoms with Gasteiger partial charge in [0, 0.05) is 11.1 Å². The Morgan fingerprint density at radius 2 is 2.00 bits per heavy atom. The first-order chi connectivity index (χ1) is 13.1. The average Bonchev–Trinajstić information content (AvgIpc) is 2.61. The minimum atomic E-state index is -1.30. The lowest BCUT2D eigenvalue weighted by atomic mass is 9.82. The van der Waals surface area contributed by atoms with Crippen LogP contribution >= 0.6 is 0 Å². The number of alkyl carbamates (subject to hydrolysis) is 1. The molecule has 0 spiro atoms. The SMILES string of the molecule is CCCC(COC(=O)NC(C)(C)C)OC1(c2ccccc2)OCCCC1(C)O. The van der Waals surface area contributed by atoms with Gasteiger partial charge in [-0.1, -0.05) is 43.7 Å². The molecule has 0 bridgehead atoms. The predicted octanol–water partition coefficient (Wildman–Crippen LogP) is 4.11. The van der Waals surface area contributed by atoms with Crippen LogP contribution in [0.1, 0.15) is 65.9 Å². The maximum absolute atomic E-state index is 12.1. The van der Waals surface area contributed by atoms with Crippen LogP contribution in [-0.4, -0.2) is 41.7 Å². The van der Waals surface area contributed by atoms with Crippen LogP contribution in [0.2, 0.25) is 0 Å². The molecule has 3 unspecified atom stereocenters. The molecule has 1 amide bonds. The number of amides is 1. The highest BCUT2D eigenvalue weighted by Crippen LogP contribution is 2.45. The normalized spacial score (nSPS) is 26.5. The molecule has 1 aromatic carbocycles. The zero-order valence-electron chi connectivity index (χ0n) is 17.8. The molecule has 2 N–H and O–H groups in total. The second-order valence-corrected chi connectivity index (χ2v) is 8.71. The van der Waals surface area contributed by atoms with Crippen molar-refractivity contribution in [1.82, 2.24) is 5.32 Å². The monoisotopic (exact) mass is 393 g/mol. The van der Waals surface area contributed by atoms with Crippen molar-refractivity contribution < 1.29 is 24.1 Å². The van der Waals surface area contributed by atoms with Crippen LogP contribution in [0, 0.1) is 0 Å². The summed E-state index contributed by atoms with van der Waals surface area (Å²) >= 11 is 0. The number of hydrogen-bond acceptors (Lipinski definition) is 5. The van der Waals surface area contributed by atoms with E-state index in [1.54, 1.807) is 6.92 Å². The van der Waals surface area contributed by atoms with Crippen molar-refractivity contribution in [1.29, 1.82) is 0 Å². The molecule has 0 radical (unpaired) electrons. The quantitative estimate of drug-likeness (QED) is 0.729. The van der Waals surface area contributed by atoms with Crippen LogP contribution in [0.5, 0.6) is 0 Å². The molecule has 6 nitrogen and oxygen atoms in total. The number of ether oxygens (including phenoxy) is 3. The first-order valence-electron chi connectivity index (χ1n) is 10.1. The fourth-order valence-corrected chi connectivity index (χ4v) is 3.48. The third kappa shape index (κ3) is 5.69. The molecule has 1 aliphatic rings. The van der Waals surface area contributed by atoms with Gasteiger partial charge in [0.25, 0.3) is 0 Å². The van der Waals surface area contributed by atoms with Crippen molar-refractivity contribution in [3.8, 4) is 0 Å². The number of carbonyl (C=O) groups excluding carboxylic acids is 1. The van der Waals surface area contributed by atoms with Gasteiger partial charge < -0.3 is 24.6 Å². The van der Waals surface area contributed by atoms with Gasteiger partial charge in [-0.25, -0.2) is 4.79 Å². The van der Waals surface area contributed by atoms with E-state index in [0.29, 0.717) is 19.4 Å². The molecule has 1 fully saturated rings. The standard InChI is InChI=1S/C22H35NO5/c1-6-11-18(16-26-19(24)23-20(2,3)4)28-22(17-12-8-7-9-13-17)21(5,25)14-10-15-27-22/h7-9,12-13,18,25H,6,10-11,14-16H2,1-5H3,(H,23,24). The lowest BCUT2D eigenvalue weighted by molar-refractivity contribution is -0.362. The number of carbonyl (C=O) groups is 1. The highest BCUT2D eigenvalue weighted by Gasteiger charge is 2.54. The van der Waals surface area contributed by atoms with Crippen molar-refractivity contribution in [2.75, 3.05) is 13.2 Å². The summed E-state index contributed by atoms with van der Waals surface area (Å²) in [6, 6.07) is 9.51. The number of hydrogen-bond donors (Lipinski definition) is 2. The maximum atomic E-state index is 12.1. The van der Waals surface area contributed by atoms with Crippen molar-refractivity contribution >= 4 is 6.09 Å². The number of benzene rings is 1. The molecule has 28 heavy (non-hydrogen) atoms. The second kappa shape index (κ2) is 9.25. The zero-order valence-corrected chi connectivity index (χ0v) is 17.8. The molecule has 0 aliphatic carbocycles. The Morgan fingerprint density at radius 3 is 2.57 bits per heavy atom. The van der Waals surface area contributed by atoms with Crippen molar-refractivity contribution in [2.24, 2.45) is 0 Å². The predicted molar refractivity (Wildman–Crippen MR) is 108 cm³/mol.